The molecule has 2 fully saturated rings. The van der Waals surface area contributed by atoms with Gasteiger partial charge < -0.3 is 0 Å². The molecule has 0 aliphatic heterocycles. The monoisotopic (exact) mass is 194 g/mol. The number of hydrogen-bond acceptors (Lipinski definition) is 0. The minimum Gasteiger partial charge on any atom is -0.0651 e. The van der Waals surface area contributed by atoms with E-state index in [9.17, 15) is 0 Å². The SMILES string of the molecule is CCC1CC(C)C(C2CCCC2C)C1. The first-order valence-corrected chi connectivity index (χ1v) is 6.72. The zero-order valence-electron chi connectivity index (χ0n) is 10.1. The van der Waals surface area contributed by atoms with Crippen LogP contribution in [0.4, 0.5) is 0 Å². The lowest BCUT2D eigenvalue weighted by Crippen LogP contribution is -2.19. The molecule has 2 aliphatic rings. The molecule has 2 saturated carbocycles. The summed E-state index contributed by atoms with van der Waals surface area (Å²) in [4.78, 5) is 0. The van der Waals surface area contributed by atoms with Crippen molar-refractivity contribution >= 4 is 0 Å². The molecule has 0 aromatic rings. The van der Waals surface area contributed by atoms with Gasteiger partial charge in [0.2, 0.25) is 0 Å². The first-order valence-electron chi connectivity index (χ1n) is 6.72. The van der Waals surface area contributed by atoms with E-state index in [1.165, 1.54) is 32.1 Å². The fraction of sp³-hybridized carbons (Fsp3) is 1.00. The molecular weight excluding hydrogens is 168 g/mol. The maximum Gasteiger partial charge on any atom is -0.0355 e. The highest BCUT2D eigenvalue weighted by Gasteiger charge is 2.39. The van der Waals surface area contributed by atoms with Gasteiger partial charge in [0.1, 0.15) is 0 Å². The molecule has 0 heteroatoms. The van der Waals surface area contributed by atoms with Crippen LogP contribution in [0.3, 0.4) is 0 Å². The van der Waals surface area contributed by atoms with E-state index < -0.39 is 0 Å². The number of rotatable bonds is 2. The summed E-state index contributed by atoms with van der Waals surface area (Å²) in [6.45, 7) is 7.37. The quantitative estimate of drug-likeness (QED) is 0.607. The molecule has 0 aromatic carbocycles. The maximum absolute atomic E-state index is 2.51. The minimum atomic E-state index is 1.02. The summed E-state index contributed by atoms with van der Waals surface area (Å²) in [5.41, 5.74) is 0. The van der Waals surface area contributed by atoms with Crippen molar-refractivity contribution < 1.29 is 0 Å². The van der Waals surface area contributed by atoms with Crippen LogP contribution >= 0.6 is 0 Å². The van der Waals surface area contributed by atoms with Crippen LogP contribution in [-0.4, -0.2) is 0 Å². The summed E-state index contributed by atoms with van der Waals surface area (Å²) >= 11 is 0. The molecule has 14 heavy (non-hydrogen) atoms. The molecule has 0 saturated heterocycles. The van der Waals surface area contributed by atoms with Crippen LogP contribution < -0.4 is 0 Å². The molecule has 0 radical (unpaired) electrons. The number of hydrogen-bond donors (Lipinski definition) is 0. The summed E-state index contributed by atoms with van der Waals surface area (Å²) < 4.78 is 0. The van der Waals surface area contributed by atoms with Crippen LogP contribution in [0.15, 0.2) is 0 Å². The Morgan fingerprint density at radius 2 is 1.71 bits per heavy atom. The zero-order chi connectivity index (χ0) is 10.1. The molecule has 5 unspecified atom stereocenters. The van der Waals surface area contributed by atoms with Crippen LogP contribution in [0, 0.1) is 29.6 Å². The van der Waals surface area contributed by atoms with E-state index in [-0.39, 0.29) is 0 Å². The van der Waals surface area contributed by atoms with Gasteiger partial charge in [-0.25, -0.2) is 0 Å². The molecule has 2 rings (SSSR count). The van der Waals surface area contributed by atoms with Gasteiger partial charge >= 0.3 is 0 Å². The van der Waals surface area contributed by atoms with Crippen molar-refractivity contribution in [2.45, 2.75) is 59.3 Å². The van der Waals surface area contributed by atoms with Gasteiger partial charge in [-0.15, -0.1) is 0 Å². The third-order valence-corrected chi connectivity index (χ3v) is 5.10. The second-order valence-electron chi connectivity index (χ2n) is 5.96. The molecule has 2 aliphatic carbocycles. The van der Waals surface area contributed by atoms with Crippen molar-refractivity contribution in [3.8, 4) is 0 Å². The fourth-order valence-electron chi connectivity index (χ4n) is 4.15. The lowest BCUT2D eigenvalue weighted by molar-refractivity contribution is 0.228. The van der Waals surface area contributed by atoms with E-state index in [2.05, 4.69) is 20.8 Å². The topological polar surface area (TPSA) is 0 Å². The van der Waals surface area contributed by atoms with Crippen LogP contribution in [-0.2, 0) is 0 Å². The van der Waals surface area contributed by atoms with Gasteiger partial charge in [-0.3, -0.25) is 0 Å². The van der Waals surface area contributed by atoms with E-state index in [1.54, 1.807) is 6.42 Å². The molecule has 5 atom stereocenters. The van der Waals surface area contributed by atoms with Crippen LogP contribution in [0.2, 0.25) is 0 Å². The fourth-order valence-corrected chi connectivity index (χ4v) is 4.15. The van der Waals surface area contributed by atoms with Gasteiger partial charge in [0.25, 0.3) is 0 Å². The lowest BCUT2D eigenvalue weighted by Gasteiger charge is -2.26. The standard InChI is InChI=1S/C14H26/c1-4-12-8-11(3)14(9-12)13-7-5-6-10(13)2/h10-14H,4-9H2,1-3H3. The Kier molecular flexibility index (Phi) is 3.19. The molecule has 82 valence electrons. The first-order chi connectivity index (χ1) is 6.72. The zero-order valence-corrected chi connectivity index (χ0v) is 10.1. The highest BCUT2D eigenvalue weighted by molar-refractivity contribution is 4.89. The summed E-state index contributed by atoms with van der Waals surface area (Å²) in [6, 6.07) is 0. The Labute approximate surface area is 89.5 Å². The molecule has 0 heterocycles. The Morgan fingerprint density at radius 3 is 2.21 bits per heavy atom. The predicted octanol–water partition coefficient (Wildman–Crippen LogP) is 4.49. The van der Waals surface area contributed by atoms with Crippen molar-refractivity contribution in [2.24, 2.45) is 29.6 Å². The van der Waals surface area contributed by atoms with E-state index in [0.29, 0.717) is 0 Å². The minimum absolute atomic E-state index is 1.02. The van der Waals surface area contributed by atoms with Crippen molar-refractivity contribution in [1.29, 1.82) is 0 Å². The summed E-state index contributed by atoms with van der Waals surface area (Å²) in [7, 11) is 0. The molecule has 0 spiro atoms. The van der Waals surface area contributed by atoms with E-state index in [1.807, 2.05) is 0 Å². The average molecular weight is 194 g/mol. The van der Waals surface area contributed by atoms with Crippen molar-refractivity contribution in [1.82, 2.24) is 0 Å². The van der Waals surface area contributed by atoms with Gasteiger partial charge in [0, 0.05) is 0 Å². The molecule has 0 nitrogen and oxygen atoms in total. The first kappa shape index (κ1) is 10.5. The van der Waals surface area contributed by atoms with Gasteiger partial charge in [-0.1, -0.05) is 40.0 Å². The summed E-state index contributed by atoms with van der Waals surface area (Å²) in [6.07, 6.45) is 9.03. The van der Waals surface area contributed by atoms with E-state index in [4.69, 9.17) is 0 Å². The Hall–Kier alpha value is 0. The molecule has 0 N–H and O–H groups in total. The Morgan fingerprint density at radius 1 is 0.929 bits per heavy atom. The second kappa shape index (κ2) is 4.24. The predicted molar refractivity (Wildman–Crippen MR) is 62.2 cm³/mol. The lowest BCUT2D eigenvalue weighted by atomic mass is 9.79. The molecule has 0 amide bonds. The summed E-state index contributed by atoms with van der Waals surface area (Å²) in [5.74, 6) is 5.27. The van der Waals surface area contributed by atoms with Gasteiger partial charge in [0.05, 0.1) is 0 Å². The third-order valence-electron chi connectivity index (χ3n) is 5.10. The van der Waals surface area contributed by atoms with Crippen LogP contribution in [0.1, 0.15) is 59.3 Å². The van der Waals surface area contributed by atoms with Crippen LogP contribution in [0.25, 0.3) is 0 Å². The van der Waals surface area contributed by atoms with E-state index >= 15 is 0 Å². The van der Waals surface area contributed by atoms with Crippen LogP contribution in [0.5, 0.6) is 0 Å². The summed E-state index contributed by atoms with van der Waals surface area (Å²) in [5, 5.41) is 0. The maximum atomic E-state index is 2.51. The second-order valence-corrected chi connectivity index (χ2v) is 5.96. The average Bonchev–Trinajstić information content (AvgIpc) is 2.72. The largest absolute Gasteiger partial charge is 0.0651 e. The molecule has 0 bridgehead atoms. The highest BCUT2D eigenvalue weighted by Crippen LogP contribution is 2.48. The molecular formula is C14H26. The van der Waals surface area contributed by atoms with Crippen molar-refractivity contribution in [3.05, 3.63) is 0 Å². The smallest absolute Gasteiger partial charge is 0.0355 e. The molecule has 0 aromatic heterocycles. The van der Waals surface area contributed by atoms with Crippen molar-refractivity contribution in [2.75, 3.05) is 0 Å². The Bertz CT molecular complexity index is 184. The van der Waals surface area contributed by atoms with E-state index in [0.717, 1.165) is 29.6 Å². The normalized spacial score (nSPS) is 48.6. The van der Waals surface area contributed by atoms with Gasteiger partial charge in [0.15, 0.2) is 0 Å². The van der Waals surface area contributed by atoms with Crippen molar-refractivity contribution in [3.63, 3.8) is 0 Å². The Balaban J connectivity index is 1.97. The third kappa shape index (κ3) is 1.85. The highest BCUT2D eigenvalue weighted by atomic mass is 14.4. The van der Waals surface area contributed by atoms with Gasteiger partial charge in [-0.05, 0) is 48.9 Å². The van der Waals surface area contributed by atoms with Gasteiger partial charge in [-0.2, -0.15) is 0 Å².